The zero-order valence-electron chi connectivity index (χ0n) is 10.9. The summed E-state index contributed by atoms with van der Waals surface area (Å²) in [5.74, 6) is -0.643. The second-order valence-corrected chi connectivity index (χ2v) is 5.19. The highest BCUT2D eigenvalue weighted by Gasteiger charge is 2.36. The Morgan fingerprint density at radius 1 is 1.36 bits per heavy atom. The molecule has 0 saturated heterocycles. The van der Waals surface area contributed by atoms with Crippen LogP contribution >= 0.6 is 11.3 Å². The Hall–Kier alpha value is -2.56. The summed E-state index contributed by atoms with van der Waals surface area (Å²) >= 11 is 0.250. The summed E-state index contributed by atoms with van der Waals surface area (Å²) in [4.78, 5) is 16.3. The molecule has 0 radical (unpaired) electrons. The van der Waals surface area contributed by atoms with Gasteiger partial charge in [0.05, 0.1) is 5.69 Å². The largest absolute Gasteiger partial charge is 0.445 e. The fourth-order valence-electron chi connectivity index (χ4n) is 1.81. The maximum Gasteiger partial charge on any atom is 0.445 e. The van der Waals surface area contributed by atoms with Gasteiger partial charge in [-0.1, -0.05) is 11.3 Å². The first-order valence-corrected chi connectivity index (χ1v) is 6.70. The molecule has 3 aromatic rings. The van der Waals surface area contributed by atoms with E-state index in [0.29, 0.717) is 11.3 Å². The summed E-state index contributed by atoms with van der Waals surface area (Å²) in [6.45, 7) is 1.60. The van der Waals surface area contributed by atoms with Crippen LogP contribution in [0.3, 0.4) is 0 Å². The summed E-state index contributed by atoms with van der Waals surface area (Å²) in [6.07, 6.45) is -1.50. The van der Waals surface area contributed by atoms with Gasteiger partial charge in [0.2, 0.25) is 10.1 Å². The van der Waals surface area contributed by atoms with Crippen molar-refractivity contribution in [3.05, 3.63) is 34.7 Å². The van der Waals surface area contributed by atoms with Gasteiger partial charge in [-0.25, -0.2) is 9.50 Å². The molecule has 3 aromatic heterocycles. The van der Waals surface area contributed by atoms with E-state index in [-0.39, 0.29) is 22.0 Å². The van der Waals surface area contributed by atoms with E-state index in [9.17, 15) is 18.0 Å². The van der Waals surface area contributed by atoms with Crippen molar-refractivity contribution >= 4 is 28.0 Å². The van der Waals surface area contributed by atoms with Crippen molar-refractivity contribution in [2.24, 2.45) is 0 Å². The topological polar surface area (TPSA) is 85.1 Å². The van der Waals surface area contributed by atoms with Crippen LogP contribution in [0.2, 0.25) is 0 Å². The molecule has 114 valence electrons. The number of hydrogen-bond donors (Lipinski definition) is 1. The molecule has 0 saturated carbocycles. The van der Waals surface area contributed by atoms with E-state index in [4.69, 9.17) is 0 Å². The molecule has 0 aliphatic heterocycles. The summed E-state index contributed by atoms with van der Waals surface area (Å²) in [5.41, 5.74) is 0.874. The quantitative estimate of drug-likeness (QED) is 0.779. The average molecular weight is 328 g/mol. The third-order valence-electron chi connectivity index (χ3n) is 2.69. The standard InChI is InChI=1S/C11H7F3N6OS/c1-5-6(7-15-3-2-4-20(7)19-5)8(21)16-10-18-17-9(22-10)11(12,13)14/h2-4H,1H3,(H,16,18,21). The minimum Gasteiger partial charge on any atom is -0.296 e. The zero-order chi connectivity index (χ0) is 15.9. The van der Waals surface area contributed by atoms with Crippen molar-refractivity contribution in [3.8, 4) is 0 Å². The van der Waals surface area contributed by atoms with E-state index in [0.717, 1.165) is 0 Å². The maximum atomic E-state index is 12.5. The van der Waals surface area contributed by atoms with Crippen LogP contribution in [0.4, 0.5) is 18.3 Å². The molecule has 0 unspecified atom stereocenters. The van der Waals surface area contributed by atoms with Gasteiger partial charge in [0, 0.05) is 12.4 Å². The van der Waals surface area contributed by atoms with Gasteiger partial charge in [0.15, 0.2) is 5.65 Å². The van der Waals surface area contributed by atoms with E-state index >= 15 is 0 Å². The van der Waals surface area contributed by atoms with Gasteiger partial charge >= 0.3 is 6.18 Å². The number of aromatic nitrogens is 5. The molecule has 1 N–H and O–H groups in total. The van der Waals surface area contributed by atoms with Crippen molar-refractivity contribution in [1.82, 2.24) is 24.8 Å². The molecule has 0 aromatic carbocycles. The van der Waals surface area contributed by atoms with E-state index in [2.05, 4.69) is 25.6 Å². The van der Waals surface area contributed by atoms with Gasteiger partial charge < -0.3 is 0 Å². The number of fused-ring (bicyclic) bond motifs is 1. The van der Waals surface area contributed by atoms with E-state index in [1.165, 1.54) is 10.7 Å². The normalized spacial score (nSPS) is 11.8. The van der Waals surface area contributed by atoms with Crippen LogP contribution in [0.1, 0.15) is 21.1 Å². The molecule has 22 heavy (non-hydrogen) atoms. The number of rotatable bonds is 2. The van der Waals surface area contributed by atoms with Crippen LogP contribution < -0.4 is 5.32 Å². The predicted octanol–water partition coefficient (Wildman–Crippen LogP) is 2.16. The fourth-order valence-corrected chi connectivity index (χ4v) is 2.42. The number of halogens is 3. The van der Waals surface area contributed by atoms with Gasteiger partial charge in [-0.3, -0.25) is 10.1 Å². The molecular formula is C11H7F3N6OS. The minimum absolute atomic E-state index is 0.171. The lowest BCUT2D eigenvalue weighted by Gasteiger charge is -2.00. The molecule has 11 heteroatoms. The smallest absolute Gasteiger partial charge is 0.296 e. The molecule has 3 heterocycles. The number of amides is 1. The van der Waals surface area contributed by atoms with Crippen molar-refractivity contribution in [2.75, 3.05) is 5.32 Å². The summed E-state index contributed by atoms with van der Waals surface area (Å²) in [6, 6.07) is 1.64. The Labute approximate surface area is 124 Å². The molecule has 0 aliphatic carbocycles. The third-order valence-corrected chi connectivity index (χ3v) is 3.57. The number of aryl methyl sites for hydroxylation is 1. The van der Waals surface area contributed by atoms with Crippen molar-refractivity contribution < 1.29 is 18.0 Å². The Balaban J connectivity index is 1.91. The van der Waals surface area contributed by atoms with Crippen LogP contribution in [-0.2, 0) is 6.18 Å². The highest BCUT2D eigenvalue weighted by molar-refractivity contribution is 7.15. The lowest BCUT2D eigenvalue weighted by atomic mass is 10.2. The molecule has 3 rings (SSSR count). The van der Waals surface area contributed by atoms with Crippen LogP contribution in [0.25, 0.3) is 5.65 Å². The highest BCUT2D eigenvalue weighted by Crippen LogP contribution is 2.33. The molecule has 0 fully saturated rings. The Morgan fingerprint density at radius 3 is 2.82 bits per heavy atom. The second kappa shape index (κ2) is 5.02. The van der Waals surface area contributed by atoms with Gasteiger partial charge in [-0.2, -0.15) is 18.3 Å². The first-order chi connectivity index (χ1) is 10.4. The first-order valence-electron chi connectivity index (χ1n) is 5.88. The van der Waals surface area contributed by atoms with Gasteiger partial charge in [0.1, 0.15) is 5.56 Å². The number of carbonyl (C=O) groups is 1. The molecule has 0 bridgehead atoms. The summed E-state index contributed by atoms with van der Waals surface area (Å²) in [7, 11) is 0. The van der Waals surface area contributed by atoms with E-state index < -0.39 is 17.1 Å². The van der Waals surface area contributed by atoms with Crippen LogP contribution in [0.5, 0.6) is 0 Å². The van der Waals surface area contributed by atoms with Crippen LogP contribution in [0, 0.1) is 6.92 Å². The Kier molecular flexibility index (Phi) is 3.28. The molecule has 0 spiro atoms. The molecule has 7 nitrogen and oxygen atoms in total. The number of anilines is 1. The lowest BCUT2D eigenvalue weighted by Crippen LogP contribution is -2.13. The minimum atomic E-state index is -4.59. The average Bonchev–Trinajstić information content (AvgIpc) is 3.01. The fraction of sp³-hybridized carbons (Fsp3) is 0.182. The van der Waals surface area contributed by atoms with Crippen molar-refractivity contribution in [2.45, 2.75) is 13.1 Å². The van der Waals surface area contributed by atoms with Crippen molar-refractivity contribution in [3.63, 3.8) is 0 Å². The second-order valence-electron chi connectivity index (χ2n) is 4.21. The first kappa shape index (κ1) is 14.4. The number of hydrogen-bond acceptors (Lipinski definition) is 6. The van der Waals surface area contributed by atoms with E-state index in [1.807, 2.05) is 0 Å². The molecule has 1 amide bonds. The molecule has 0 aliphatic rings. The Morgan fingerprint density at radius 2 is 2.14 bits per heavy atom. The monoisotopic (exact) mass is 328 g/mol. The number of alkyl halides is 3. The SMILES string of the molecule is Cc1nn2cccnc2c1C(=O)Nc1nnc(C(F)(F)F)s1. The summed E-state index contributed by atoms with van der Waals surface area (Å²) < 4.78 is 38.8. The van der Waals surface area contributed by atoms with Gasteiger partial charge in [-0.05, 0) is 13.0 Å². The summed E-state index contributed by atoms with van der Waals surface area (Å²) in [5, 5.41) is 11.3. The molecular weight excluding hydrogens is 321 g/mol. The van der Waals surface area contributed by atoms with Gasteiger partial charge in [-0.15, -0.1) is 10.2 Å². The van der Waals surface area contributed by atoms with E-state index in [1.54, 1.807) is 19.2 Å². The number of carbonyl (C=O) groups excluding carboxylic acids is 1. The Bertz CT molecular complexity index is 855. The van der Waals surface area contributed by atoms with Gasteiger partial charge in [0.25, 0.3) is 5.91 Å². The maximum absolute atomic E-state index is 12.5. The van der Waals surface area contributed by atoms with Crippen molar-refractivity contribution in [1.29, 1.82) is 0 Å². The lowest BCUT2D eigenvalue weighted by molar-refractivity contribution is -0.138. The predicted molar refractivity (Wildman–Crippen MR) is 70.6 cm³/mol. The number of nitrogens with zero attached hydrogens (tertiary/aromatic N) is 5. The third kappa shape index (κ3) is 2.50. The van der Waals surface area contributed by atoms with Crippen LogP contribution in [-0.4, -0.2) is 30.7 Å². The number of nitrogens with one attached hydrogen (secondary N) is 1. The zero-order valence-corrected chi connectivity index (χ0v) is 11.7. The molecule has 0 atom stereocenters. The highest BCUT2D eigenvalue weighted by atomic mass is 32.1. The van der Waals surface area contributed by atoms with Crippen LogP contribution in [0.15, 0.2) is 18.5 Å².